The normalized spacial score (nSPS) is 12.2. The van der Waals surface area contributed by atoms with Crippen molar-refractivity contribution in [3.05, 3.63) is 48.0 Å². The molecular weight excluding hydrogens is 462 g/mol. The lowest BCUT2D eigenvalue weighted by molar-refractivity contribution is 0.600. The summed E-state index contributed by atoms with van der Waals surface area (Å²) in [5.74, 6) is 0.106. The molecule has 0 saturated heterocycles. The Bertz CT molecular complexity index is 636. The van der Waals surface area contributed by atoms with Crippen LogP contribution in [0.15, 0.2) is 42.5 Å². The standard InChI is InChI=1S/C12H10I2O2S/c13-12(14)17(15,16)8-9-5-6-10-3-1-2-4-11(10)7-9/h1-7,12H,8H2. The van der Waals surface area contributed by atoms with E-state index >= 15 is 0 Å². The van der Waals surface area contributed by atoms with Crippen LogP contribution in [-0.4, -0.2) is 9.68 Å². The molecule has 0 atom stereocenters. The van der Waals surface area contributed by atoms with Gasteiger partial charge in [-0.25, -0.2) is 8.42 Å². The number of benzene rings is 2. The zero-order chi connectivity index (χ0) is 12.5. The fourth-order valence-electron chi connectivity index (χ4n) is 1.62. The molecule has 0 heterocycles. The van der Waals surface area contributed by atoms with E-state index in [1.165, 1.54) is 0 Å². The molecule has 17 heavy (non-hydrogen) atoms. The third-order valence-corrected chi connectivity index (χ3v) is 8.38. The highest BCUT2D eigenvalue weighted by Crippen LogP contribution is 2.23. The van der Waals surface area contributed by atoms with Crippen molar-refractivity contribution >= 4 is 65.8 Å². The van der Waals surface area contributed by atoms with E-state index in [2.05, 4.69) is 0 Å². The third kappa shape index (κ3) is 3.31. The second kappa shape index (κ2) is 5.40. The van der Waals surface area contributed by atoms with E-state index in [9.17, 15) is 8.42 Å². The Hall–Kier alpha value is 0.110. The van der Waals surface area contributed by atoms with Crippen LogP contribution in [0.3, 0.4) is 0 Å². The van der Waals surface area contributed by atoms with Crippen LogP contribution in [0.5, 0.6) is 0 Å². The molecule has 0 aromatic heterocycles. The van der Waals surface area contributed by atoms with Crippen LogP contribution in [0, 0.1) is 0 Å². The molecule has 0 saturated carbocycles. The summed E-state index contributed by atoms with van der Waals surface area (Å²) in [7, 11) is -3.05. The maximum Gasteiger partial charge on any atom is 0.175 e. The van der Waals surface area contributed by atoms with Gasteiger partial charge in [-0.15, -0.1) is 0 Å². The molecule has 5 heteroatoms. The number of hydrogen-bond acceptors (Lipinski definition) is 2. The highest BCUT2D eigenvalue weighted by Gasteiger charge is 2.19. The van der Waals surface area contributed by atoms with Gasteiger partial charge in [-0.05, 0) is 16.3 Å². The van der Waals surface area contributed by atoms with E-state index in [0.717, 1.165) is 16.3 Å². The van der Waals surface area contributed by atoms with Gasteiger partial charge in [0, 0.05) is 0 Å². The first-order valence-corrected chi connectivity index (χ1v) is 9.17. The average molecular weight is 472 g/mol. The van der Waals surface area contributed by atoms with Crippen molar-refractivity contribution in [2.75, 3.05) is 0 Å². The molecule has 2 aromatic carbocycles. The second-order valence-electron chi connectivity index (χ2n) is 3.75. The summed E-state index contributed by atoms with van der Waals surface area (Å²) in [6.45, 7) is 0. The first-order chi connectivity index (χ1) is 7.99. The maximum atomic E-state index is 11.8. The summed E-state index contributed by atoms with van der Waals surface area (Å²) in [5, 5.41) is 2.22. The van der Waals surface area contributed by atoms with Crippen LogP contribution >= 0.6 is 45.2 Å². The molecule has 0 aliphatic carbocycles. The highest BCUT2D eigenvalue weighted by atomic mass is 127. The van der Waals surface area contributed by atoms with Gasteiger partial charge in [0.15, 0.2) is 11.1 Å². The SMILES string of the molecule is O=S(=O)(Cc1ccc2ccccc2c1)C(I)I. The van der Waals surface area contributed by atoms with E-state index in [0.29, 0.717) is 0 Å². The lowest BCUT2D eigenvalue weighted by Crippen LogP contribution is -2.10. The van der Waals surface area contributed by atoms with Gasteiger partial charge < -0.3 is 0 Å². The van der Waals surface area contributed by atoms with Gasteiger partial charge in [0.25, 0.3) is 0 Å². The molecule has 0 spiro atoms. The minimum absolute atomic E-state index is 0.106. The zero-order valence-corrected chi connectivity index (χ0v) is 13.9. The second-order valence-corrected chi connectivity index (χ2v) is 12.4. The fraction of sp³-hybridized carbons (Fsp3) is 0.167. The molecule has 0 fully saturated rings. The van der Waals surface area contributed by atoms with Crippen molar-refractivity contribution in [1.29, 1.82) is 0 Å². The minimum atomic E-state index is -3.05. The first-order valence-electron chi connectivity index (χ1n) is 4.96. The predicted molar refractivity (Wildman–Crippen MR) is 88.4 cm³/mol. The first kappa shape index (κ1) is 13.5. The largest absolute Gasteiger partial charge is 0.227 e. The molecule has 2 nitrogen and oxygen atoms in total. The molecule has 2 rings (SSSR count). The van der Waals surface area contributed by atoms with E-state index < -0.39 is 9.84 Å². The van der Waals surface area contributed by atoms with Gasteiger partial charge in [-0.2, -0.15) is 0 Å². The van der Waals surface area contributed by atoms with Crippen LogP contribution in [0.4, 0.5) is 0 Å². The predicted octanol–water partition coefficient (Wildman–Crippen LogP) is 3.91. The Morgan fingerprint density at radius 2 is 1.65 bits per heavy atom. The minimum Gasteiger partial charge on any atom is -0.227 e. The van der Waals surface area contributed by atoms with Crippen molar-refractivity contribution in [3.63, 3.8) is 0 Å². The molecule has 0 radical (unpaired) electrons. The molecule has 2 aromatic rings. The molecule has 0 unspecified atom stereocenters. The topological polar surface area (TPSA) is 34.1 Å². The Labute approximate surface area is 128 Å². The van der Waals surface area contributed by atoms with Crippen molar-refractivity contribution in [3.8, 4) is 0 Å². The average Bonchev–Trinajstić information content (AvgIpc) is 2.28. The van der Waals surface area contributed by atoms with Crippen molar-refractivity contribution in [1.82, 2.24) is 0 Å². The molecular formula is C12H10I2O2S. The quantitative estimate of drug-likeness (QED) is 0.502. The Morgan fingerprint density at radius 1 is 1.00 bits per heavy atom. The number of halogens is 2. The summed E-state index contributed by atoms with van der Waals surface area (Å²) in [5.41, 5.74) is 0.849. The van der Waals surface area contributed by atoms with Crippen molar-refractivity contribution in [2.45, 2.75) is 7.02 Å². The molecule has 0 bridgehead atoms. The summed E-state index contributed by atoms with van der Waals surface area (Å²) in [4.78, 5) is 0. The number of sulfone groups is 1. The van der Waals surface area contributed by atoms with Gasteiger partial charge in [0.2, 0.25) is 0 Å². The molecule has 0 amide bonds. The summed E-state index contributed by atoms with van der Waals surface area (Å²) < 4.78 is 23.3. The maximum absolute atomic E-state index is 11.8. The summed E-state index contributed by atoms with van der Waals surface area (Å²) in [6, 6.07) is 13.8. The van der Waals surface area contributed by atoms with Gasteiger partial charge in [-0.3, -0.25) is 0 Å². The van der Waals surface area contributed by atoms with Crippen molar-refractivity contribution < 1.29 is 8.42 Å². The monoisotopic (exact) mass is 472 g/mol. The van der Waals surface area contributed by atoms with Gasteiger partial charge in [0.1, 0.15) is 0 Å². The van der Waals surface area contributed by atoms with Gasteiger partial charge in [0.05, 0.1) is 5.75 Å². The number of hydrogen-bond donors (Lipinski definition) is 0. The zero-order valence-electron chi connectivity index (χ0n) is 8.81. The van der Waals surface area contributed by atoms with Crippen LogP contribution in [0.2, 0.25) is 0 Å². The van der Waals surface area contributed by atoms with E-state index in [1.807, 2.05) is 87.6 Å². The smallest absolute Gasteiger partial charge is 0.175 e. The lowest BCUT2D eigenvalue weighted by atomic mass is 10.1. The fourth-order valence-corrected chi connectivity index (χ4v) is 3.47. The Balaban J connectivity index is 2.38. The van der Waals surface area contributed by atoms with Gasteiger partial charge >= 0.3 is 0 Å². The molecule has 90 valence electrons. The summed E-state index contributed by atoms with van der Waals surface area (Å²) >= 11 is 3.86. The third-order valence-electron chi connectivity index (χ3n) is 2.45. The Morgan fingerprint density at radius 3 is 2.29 bits per heavy atom. The number of alkyl halides is 2. The number of fused-ring (bicyclic) bond motifs is 1. The van der Waals surface area contributed by atoms with Crippen LogP contribution in [0.1, 0.15) is 5.56 Å². The van der Waals surface area contributed by atoms with Crippen LogP contribution < -0.4 is 0 Å². The van der Waals surface area contributed by atoms with Crippen molar-refractivity contribution in [2.24, 2.45) is 0 Å². The summed E-state index contributed by atoms with van der Waals surface area (Å²) in [6.07, 6.45) is 0. The van der Waals surface area contributed by atoms with Crippen LogP contribution in [0.25, 0.3) is 10.8 Å². The number of rotatable bonds is 3. The van der Waals surface area contributed by atoms with E-state index in [-0.39, 0.29) is 7.02 Å². The van der Waals surface area contributed by atoms with E-state index in [1.54, 1.807) is 0 Å². The Kier molecular flexibility index (Phi) is 4.30. The molecule has 0 aliphatic heterocycles. The molecule has 0 aliphatic rings. The van der Waals surface area contributed by atoms with Crippen LogP contribution in [-0.2, 0) is 15.6 Å². The van der Waals surface area contributed by atoms with Gasteiger partial charge in [-0.1, -0.05) is 87.6 Å². The van der Waals surface area contributed by atoms with E-state index in [4.69, 9.17) is 0 Å². The molecule has 0 N–H and O–H groups in total. The highest BCUT2D eigenvalue weighted by molar-refractivity contribution is 14.2. The lowest BCUT2D eigenvalue weighted by Gasteiger charge is -2.06.